The van der Waals surface area contributed by atoms with Gasteiger partial charge in [-0.3, -0.25) is 9.59 Å². The molecule has 3 rings (SSSR count). The largest absolute Gasteiger partial charge is 0.494 e. The van der Waals surface area contributed by atoms with Crippen LogP contribution in [0.2, 0.25) is 0 Å². The second-order valence-electron chi connectivity index (χ2n) is 8.18. The summed E-state index contributed by atoms with van der Waals surface area (Å²) in [6, 6.07) is 15.1. The van der Waals surface area contributed by atoms with Crippen LogP contribution in [0.5, 0.6) is 5.75 Å². The summed E-state index contributed by atoms with van der Waals surface area (Å²) in [5.74, 6) is -0.0114. The number of carbonyl (C=O) groups excluding carboxylic acids is 2. The van der Waals surface area contributed by atoms with Gasteiger partial charge in [0, 0.05) is 11.4 Å². The van der Waals surface area contributed by atoms with Crippen molar-refractivity contribution in [2.75, 3.05) is 17.2 Å². The molecule has 0 spiro atoms. The van der Waals surface area contributed by atoms with E-state index in [-0.39, 0.29) is 29.1 Å². The van der Waals surface area contributed by atoms with Crippen LogP contribution in [-0.4, -0.2) is 18.4 Å². The Morgan fingerprint density at radius 1 is 0.964 bits per heavy atom. The maximum atomic E-state index is 12.6. The van der Waals surface area contributed by atoms with Gasteiger partial charge >= 0.3 is 0 Å². The van der Waals surface area contributed by atoms with Crippen LogP contribution in [0.4, 0.5) is 11.4 Å². The zero-order valence-corrected chi connectivity index (χ0v) is 16.9. The van der Waals surface area contributed by atoms with Gasteiger partial charge in [-0.1, -0.05) is 39.0 Å². The van der Waals surface area contributed by atoms with Crippen molar-refractivity contribution in [3.63, 3.8) is 0 Å². The minimum absolute atomic E-state index is 0.0716. The molecule has 28 heavy (non-hydrogen) atoms. The van der Waals surface area contributed by atoms with Crippen molar-refractivity contribution in [2.45, 2.75) is 39.5 Å². The third-order valence-corrected chi connectivity index (χ3v) is 4.89. The summed E-state index contributed by atoms with van der Waals surface area (Å²) in [6.45, 7) is 8.86. The van der Waals surface area contributed by atoms with Crippen LogP contribution in [0.3, 0.4) is 0 Å². The molecule has 5 heteroatoms. The van der Waals surface area contributed by atoms with E-state index in [1.54, 1.807) is 12.1 Å². The summed E-state index contributed by atoms with van der Waals surface area (Å²) in [5.41, 5.74) is 2.53. The number of rotatable bonds is 6. The molecule has 0 heterocycles. The number of nitrogens with one attached hydrogen (secondary N) is 2. The summed E-state index contributed by atoms with van der Waals surface area (Å²) in [6.07, 6.45) is 0.576. The predicted octanol–water partition coefficient (Wildman–Crippen LogP) is 4.60. The van der Waals surface area contributed by atoms with Gasteiger partial charge in [0.15, 0.2) is 0 Å². The number of benzene rings is 2. The molecular weight excluding hydrogens is 352 g/mol. The number of ether oxygens (including phenoxy) is 1. The summed E-state index contributed by atoms with van der Waals surface area (Å²) in [7, 11) is 0. The lowest BCUT2D eigenvalue weighted by Gasteiger charge is -2.23. The van der Waals surface area contributed by atoms with Gasteiger partial charge in [0.2, 0.25) is 11.8 Å². The average Bonchev–Trinajstić information content (AvgIpc) is 3.44. The monoisotopic (exact) mass is 380 g/mol. The van der Waals surface area contributed by atoms with E-state index in [4.69, 9.17) is 4.74 Å². The van der Waals surface area contributed by atoms with Crippen LogP contribution in [0, 0.1) is 11.8 Å². The molecule has 2 aromatic rings. The molecule has 5 nitrogen and oxygen atoms in total. The van der Waals surface area contributed by atoms with E-state index in [0.29, 0.717) is 18.7 Å². The summed E-state index contributed by atoms with van der Waals surface area (Å²) in [5, 5.41) is 5.90. The van der Waals surface area contributed by atoms with Crippen molar-refractivity contribution in [2.24, 2.45) is 11.8 Å². The number of hydrogen-bond donors (Lipinski definition) is 2. The lowest BCUT2D eigenvalue weighted by molar-refractivity contribution is -0.122. The average molecular weight is 380 g/mol. The molecule has 0 saturated heterocycles. The number of amides is 2. The third-order valence-electron chi connectivity index (χ3n) is 4.89. The van der Waals surface area contributed by atoms with E-state index in [2.05, 4.69) is 31.4 Å². The molecule has 1 aliphatic rings. The number of para-hydroxylation sites is 1. The fraction of sp³-hybridized carbons (Fsp3) is 0.391. The maximum Gasteiger partial charge on any atom is 0.228 e. The van der Waals surface area contributed by atoms with Crippen LogP contribution in [0.25, 0.3) is 0 Å². The molecule has 0 radical (unpaired) electrons. The molecule has 1 aliphatic carbocycles. The number of anilines is 2. The van der Waals surface area contributed by atoms with E-state index in [1.807, 2.05) is 43.3 Å². The van der Waals surface area contributed by atoms with E-state index < -0.39 is 0 Å². The normalized spacial score (nSPS) is 18.3. The zero-order chi connectivity index (χ0) is 20.3. The molecule has 2 N–H and O–H groups in total. The van der Waals surface area contributed by atoms with Crippen LogP contribution in [-0.2, 0) is 15.0 Å². The minimum atomic E-state index is -0.284. The van der Waals surface area contributed by atoms with E-state index in [1.165, 1.54) is 0 Å². The Kier molecular flexibility index (Phi) is 5.73. The molecule has 2 atom stereocenters. The first-order valence-electron chi connectivity index (χ1n) is 9.73. The second-order valence-corrected chi connectivity index (χ2v) is 8.18. The van der Waals surface area contributed by atoms with E-state index in [9.17, 15) is 9.59 Å². The van der Waals surface area contributed by atoms with Crippen molar-refractivity contribution < 1.29 is 14.3 Å². The molecule has 148 valence electrons. The lowest BCUT2D eigenvalue weighted by atomic mass is 9.86. The Hall–Kier alpha value is -2.82. The fourth-order valence-corrected chi connectivity index (χ4v) is 3.28. The summed E-state index contributed by atoms with van der Waals surface area (Å²) < 4.78 is 5.40. The molecule has 2 aromatic carbocycles. The highest BCUT2D eigenvalue weighted by atomic mass is 16.5. The van der Waals surface area contributed by atoms with Crippen LogP contribution in [0.15, 0.2) is 48.5 Å². The second kappa shape index (κ2) is 8.05. The highest BCUT2D eigenvalue weighted by molar-refractivity contribution is 6.03. The first kappa shape index (κ1) is 19.9. The fourth-order valence-electron chi connectivity index (χ4n) is 3.28. The van der Waals surface area contributed by atoms with Gasteiger partial charge in [-0.15, -0.1) is 0 Å². The van der Waals surface area contributed by atoms with Crippen LogP contribution >= 0.6 is 0 Å². The van der Waals surface area contributed by atoms with Gasteiger partial charge in [-0.05, 0) is 54.7 Å². The SMILES string of the molecule is CCOc1ccc(NC(=O)C2CC2C(=O)Nc2ccccc2C(C)(C)C)cc1. The van der Waals surface area contributed by atoms with E-state index >= 15 is 0 Å². The van der Waals surface area contributed by atoms with Gasteiger partial charge in [-0.2, -0.15) is 0 Å². The van der Waals surface area contributed by atoms with Gasteiger partial charge in [0.1, 0.15) is 5.75 Å². The summed E-state index contributed by atoms with van der Waals surface area (Å²) in [4.78, 5) is 25.1. The van der Waals surface area contributed by atoms with Crippen LogP contribution < -0.4 is 15.4 Å². The number of carbonyl (C=O) groups is 2. The van der Waals surface area contributed by atoms with Crippen molar-refractivity contribution in [1.82, 2.24) is 0 Å². The quantitative estimate of drug-likeness (QED) is 0.770. The zero-order valence-electron chi connectivity index (χ0n) is 16.9. The van der Waals surface area contributed by atoms with Gasteiger partial charge < -0.3 is 15.4 Å². The molecule has 0 aliphatic heterocycles. The molecule has 0 aromatic heterocycles. The minimum Gasteiger partial charge on any atom is -0.494 e. The van der Waals surface area contributed by atoms with Gasteiger partial charge in [-0.25, -0.2) is 0 Å². The molecule has 1 saturated carbocycles. The highest BCUT2D eigenvalue weighted by Crippen LogP contribution is 2.41. The molecule has 0 bridgehead atoms. The molecular formula is C23H28N2O3. The Bertz CT molecular complexity index is 853. The van der Waals surface area contributed by atoms with Gasteiger partial charge in [0.25, 0.3) is 0 Å². The Labute approximate surface area is 166 Å². The third kappa shape index (κ3) is 4.71. The molecule has 2 amide bonds. The van der Waals surface area contributed by atoms with E-state index in [0.717, 1.165) is 17.0 Å². The standard InChI is InChI=1S/C23H28N2O3/c1-5-28-16-12-10-15(11-13-16)24-21(26)17-14-18(17)22(27)25-20-9-7-6-8-19(20)23(2,3)4/h6-13,17-18H,5,14H2,1-4H3,(H,24,26)(H,25,27). The Morgan fingerprint density at radius 2 is 1.57 bits per heavy atom. The van der Waals surface area contributed by atoms with Crippen molar-refractivity contribution in [3.8, 4) is 5.75 Å². The molecule has 2 unspecified atom stereocenters. The lowest BCUT2D eigenvalue weighted by Crippen LogP contribution is -2.22. The number of hydrogen-bond acceptors (Lipinski definition) is 3. The first-order valence-corrected chi connectivity index (χ1v) is 9.73. The van der Waals surface area contributed by atoms with Crippen molar-refractivity contribution in [1.29, 1.82) is 0 Å². The first-order chi connectivity index (χ1) is 13.3. The molecule has 1 fully saturated rings. The Balaban J connectivity index is 1.58. The van der Waals surface area contributed by atoms with Crippen molar-refractivity contribution >= 4 is 23.2 Å². The smallest absolute Gasteiger partial charge is 0.228 e. The van der Waals surface area contributed by atoms with Crippen molar-refractivity contribution in [3.05, 3.63) is 54.1 Å². The Morgan fingerprint density at radius 3 is 2.18 bits per heavy atom. The summed E-state index contributed by atoms with van der Waals surface area (Å²) >= 11 is 0. The predicted molar refractivity (Wildman–Crippen MR) is 112 cm³/mol. The van der Waals surface area contributed by atoms with Gasteiger partial charge in [0.05, 0.1) is 18.4 Å². The topological polar surface area (TPSA) is 67.4 Å². The maximum absolute atomic E-state index is 12.6. The highest BCUT2D eigenvalue weighted by Gasteiger charge is 2.48. The van der Waals surface area contributed by atoms with Crippen LogP contribution in [0.1, 0.15) is 39.7 Å².